The van der Waals surface area contributed by atoms with Crippen LogP contribution in [0.5, 0.6) is 5.75 Å². The van der Waals surface area contributed by atoms with Crippen molar-refractivity contribution in [1.29, 1.82) is 0 Å². The van der Waals surface area contributed by atoms with Crippen molar-refractivity contribution in [2.45, 2.75) is 32.6 Å². The lowest BCUT2D eigenvalue weighted by molar-refractivity contribution is 0.217. The maximum Gasteiger partial charge on any atom is 0.122 e. The summed E-state index contributed by atoms with van der Waals surface area (Å²) in [5, 5.41) is 3.43. The summed E-state index contributed by atoms with van der Waals surface area (Å²) in [5.74, 6) is 1.72. The largest absolute Gasteiger partial charge is 0.493 e. The number of rotatable bonds is 5. The monoisotopic (exact) mass is 311 g/mol. The molecule has 1 atom stereocenters. The molecule has 0 aromatic heterocycles. The highest BCUT2D eigenvalue weighted by molar-refractivity contribution is 9.10. The molecule has 1 heterocycles. The Morgan fingerprint density at radius 3 is 3.06 bits per heavy atom. The molecule has 0 amide bonds. The number of piperidine rings is 1. The third-order valence-corrected chi connectivity index (χ3v) is 3.91. The molecule has 2 rings (SSSR count). The molecule has 1 fully saturated rings. The van der Waals surface area contributed by atoms with Gasteiger partial charge in [-0.1, -0.05) is 29.3 Å². The number of hydrogen-bond acceptors (Lipinski definition) is 2. The molecule has 0 aliphatic carbocycles. The third-order valence-electron chi connectivity index (χ3n) is 3.42. The van der Waals surface area contributed by atoms with Crippen LogP contribution < -0.4 is 10.1 Å². The highest BCUT2D eigenvalue weighted by Crippen LogP contribution is 2.25. The molecule has 1 unspecified atom stereocenters. The molecule has 1 N–H and O–H groups in total. The van der Waals surface area contributed by atoms with Crippen molar-refractivity contribution in [2.75, 3.05) is 19.7 Å². The van der Waals surface area contributed by atoms with E-state index in [0.717, 1.165) is 42.8 Å². The predicted molar refractivity (Wildman–Crippen MR) is 79.2 cm³/mol. The molecule has 1 saturated heterocycles. The summed E-state index contributed by atoms with van der Waals surface area (Å²) in [6.45, 7) is 5.30. The Morgan fingerprint density at radius 1 is 1.44 bits per heavy atom. The summed E-state index contributed by atoms with van der Waals surface area (Å²) in [6, 6.07) is 6.33. The van der Waals surface area contributed by atoms with E-state index in [1.165, 1.54) is 18.4 Å². The fraction of sp³-hybridized carbons (Fsp3) is 0.600. The van der Waals surface area contributed by atoms with Crippen molar-refractivity contribution in [2.24, 2.45) is 5.92 Å². The quantitative estimate of drug-likeness (QED) is 0.893. The normalized spacial score (nSPS) is 19.8. The zero-order valence-corrected chi connectivity index (χ0v) is 12.6. The highest BCUT2D eigenvalue weighted by atomic mass is 79.9. The Kier molecular flexibility index (Phi) is 5.51. The summed E-state index contributed by atoms with van der Waals surface area (Å²) < 4.78 is 7.16. The minimum absolute atomic E-state index is 0.664. The van der Waals surface area contributed by atoms with Crippen LogP contribution in [-0.4, -0.2) is 19.7 Å². The topological polar surface area (TPSA) is 21.3 Å². The smallest absolute Gasteiger partial charge is 0.122 e. The van der Waals surface area contributed by atoms with Crippen molar-refractivity contribution < 1.29 is 4.74 Å². The van der Waals surface area contributed by atoms with E-state index in [-0.39, 0.29) is 0 Å². The van der Waals surface area contributed by atoms with Crippen LogP contribution in [0.3, 0.4) is 0 Å². The summed E-state index contributed by atoms with van der Waals surface area (Å²) in [4.78, 5) is 0. The van der Waals surface area contributed by atoms with Crippen LogP contribution in [0.1, 0.15) is 31.7 Å². The summed E-state index contributed by atoms with van der Waals surface area (Å²) in [6.07, 6.45) is 4.79. The van der Waals surface area contributed by atoms with Gasteiger partial charge in [-0.3, -0.25) is 0 Å². The van der Waals surface area contributed by atoms with Gasteiger partial charge in [0.15, 0.2) is 0 Å². The lowest BCUT2D eigenvalue weighted by Crippen LogP contribution is -2.33. The second kappa shape index (κ2) is 7.15. The molecule has 1 aromatic rings. The van der Waals surface area contributed by atoms with Crippen molar-refractivity contribution in [3.05, 3.63) is 28.2 Å². The van der Waals surface area contributed by atoms with Crippen LogP contribution in [-0.2, 0) is 6.42 Å². The SMILES string of the molecule is CCCc1cc(Br)ccc1OCC1CCCNC1. The second-order valence-electron chi connectivity index (χ2n) is 5.03. The first kappa shape index (κ1) is 13.9. The maximum atomic E-state index is 6.02. The van der Waals surface area contributed by atoms with Crippen molar-refractivity contribution in [1.82, 2.24) is 5.32 Å². The molecule has 0 radical (unpaired) electrons. The number of ether oxygens (including phenoxy) is 1. The van der Waals surface area contributed by atoms with Crippen LogP contribution in [0, 0.1) is 5.92 Å². The lowest BCUT2D eigenvalue weighted by atomic mass is 10.0. The van der Waals surface area contributed by atoms with Crippen LogP contribution in [0.25, 0.3) is 0 Å². The minimum atomic E-state index is 0.664. The Morgan fingerprint density at radius 2 is 2.33 bits per heavy atom. The molecule has 1 aliphatic heterocycles. The molecule has 18 heavy (non-hydrogen) atoms. The van der Waals surface area contributed by atoms with Gasteiger partial charge in [0.25, 0.3) is 0 Å². The molecule has 1 aliphatic rings. The van der Waals surface area contributed by atoms with E-state index < -0.39 is 0 Å². The van der Waals surface area contributed by atoms with Gasteiger partial charge < -0.3 is 10.1 Å². The molecule has 0 saturated carbocycles. The van der Waals surface area contributed by atoms with E-state index >= 15 is 0 Å². The zero-order valence-electron chi connectivity index (χ0n) is 11.0. The number of halogens is 1. The average molecular weight is 312 g/mol. The first-order chi connectivity index (χ1) is 8.79. The Bertz CT molecular complexity index is 375. The summed E-state index contributed by atoms with van der Waals surface area (Å²) >= 11 is 3.53. The Balaban J connectivity index is 1.94. The summed E-state index contributed by atoms with van der Waals surface area (Å²) in [7, 11) is 0. The fourth-order valence-corrected chi connectivity index (χ4v) is 2.84. The Hall–Kier alpha value is -0.540. The zero-order chi connectivity index (χ0) is 12.8. The van der Waals surface area contributed by atoms with Gasteiger partial charge >= 0.3 is 0 Å². The van der Waals surface area contributed by atoms with Gasteiger partial charge in [0.1, 0.15) is 5.75 Å². The molecular formula is C15H22BrNO. The van der Waals surface area contributed by atoms with Crippen molar-refractivity contribution >= 4 is 15.9 Å². The summed E-state index contributed by atoms with van der Waals surface area (Å²) in [5.41, 5.74) is 1.32. The molecule has 1 aromatic carbocycles. The van der Waals surface area contributed by atoms with Gasteiger partial charge in [-0.2, -0.15) is 0 Å². The number of hydrogen-bond donors (Lipinski definition) is 1. The number of aryl methyl sites for hydroxylation is 1. The predicted octanol–water partition coefficient (Wildman–Crippen LogP) is 3.78. The highest BCUT2D eigenvalue weighted by Gasteiger charge is 2.14. The van der Waals surface area contributed by atoms with E-state index in [1.54, 1.807) is 0 Å². The van der Waals surface area contributed by atoms with E-state index in [0.29, 0.717) is 5.92 Å². The second-order valence-corrected chi connectivity index (χ2v) is 5.94. The molecule has 0 bridgehead atoms. The standard InChI is InChI=1S/C15H22BrNO/c1-2-4-13-9-14(16)6-7-15(13)18-11-12-5-3-8-17-10-12/h6-7,9,12,17H,2-5,8,10-11H2,1H3. The molecular weight excluding hydrogens is 290 g/mol. The lowest BCUT2D eigenvalue weighted by Gasteiger charge is -2.23. The van der Waals surface area contributed by atoms with Gasteiger partial charge in [-0.15, -0.1) is 0 Å². The van der Waals surface area contributed by atoms with Crippen molar-refractivity contribution in [3.63, 3.8) is 0 Å². The molecule has 2 nitrogen and oxygen atoms in total. The van der Waals surface area contributed by atoms with Crippen LogP contribution in [0.2, 0.25) is 0 Å². The number of benzene rings is 1. The van der Waals surface area contributed by atoms with Gasteiger partial charge in [-0.25, -0.2) is 0 Å². The van der Waals surface area contributed by atoms with E-state index in [4.69, 9.17) is 4.74 Å². The van der Waals surface area contributed by atoms with E-state index in [1.807, 2.05) is 0 Å². The van der Waals surface area contributed by atoms with Gasteiger partial charge in [-0.05, 0) is 49.6 Å². The van der Waals surface area contributed by atoms with Gasteiger partial charge in [0, 0.05) is 16.9 Å². The average Bonchev–Trinajstić information content (AvgIpc) is 2.39. The van der Waals surface area contributed by atoms with Crippen LogP contribution in [0.4, 0.5) is 0 Å². The van der Waals surface area contributed by atoms with Crippen molar-refractivity contribution in [3.8, 4) is 5.75 Å². The van der Waals surface area contributed by atoms with Gasteiger partial charge in [0.05, 0.1) is 6.61 Å². The third kappa shape index (κ3) is 3.99. The first-order valence-electron chi connectivity index (χ1n) is 6.91. The first-order valence-corrected chi connectivity index (χ1v) is 7.71. The van der Waals surface area contributed by atoms with E-state index in [2.05, 4.69) is 46.4 Å². The minimum Gasteiger partial charge on any atom is -0.493 e. The molecule has 0 spiro atoms. The number of nitrogens with one attached hydrogen (secondary N) is 1. The van der Waals surface area contributed by atoms with E-state index in [9.17, 15) is 0 Å². The van der Waals surface area contributed by atoms with Crippen LogP contribution >= 0.6 is 15.9 Å². The maximum absolute atomic E-state index is 6.02. The molecule has 100 valence electrons. The van der Waals surface area contributed by atoms with Crippen LogP contribution in [0.15, 0.2) is 22.7 Å². The Labute approximate surface area is 118 Å². The fourth-order valence-electron chi connectivity index (χ4n) is 2.43. The van der Waals surface area contributed by atoms with Gasteiger partial charge in [0.2, 0.25) is 0 Å². The molecule has 3 heteroatoms.